The molecule has 4 nitrogen and oxygen atoms in total. The number of amides is 1. The number of piperidine rings is 1. The molecule has 2 rings (SSSR count). The van der Waals surface area contributed by atoms with Crippen LogP contribution in [0.15, 0.2) is 24.3 Å². The van der Waals surface area contributed by atoms with Crippen molar-refractivity contribution in [1.29, 1.82) is 0 Å². The fraction of sp³-hybridized carbons (Fsp3) is 0.562. The van der Waals surface area contributed by atoms with E-state index in [2.05, 4.69) is 10.6 Å². The zero-order valence-electron chi connectivity index (χ0n) is 12.5. The third-order valence-corrected chi connectivity index (χ3v) is 4.09. The molecule has 0 bridgehead atoms. The number of benzene rings is 1. The molecule has 1 aliphatic rings. The van der Waals surface area contributed by atoms with Gasteiger partial charge in [-0.1, -0.05) is 12.1 Å². The molecule has 20 heavy (non-hydrogen) atoms. The molecular formula is C16H24N2O2. The van der Waals surface area contributed by atoms with E-state index < -0.39 is 0 Å². The molecular weight excluding hydrogens is 252 g/mol. The van der Waals surface area contributed by atoms with Crippen molar-refractivity contribution in [1.82, 2.24) is 10.6 Å². The lowest BCUT2D eigenvalue weighted by molar-refractivity contribution is -0.131. The van der Waals surface area contributed by atoms with Crippen LogP contribution in [-0.2, 0) is 4.79 Å². The number of ether oxygens (including phenoxy) is 1. The van der Waals surface area contributed by atoms with Gasteiger partial charge < -0.3 is 15.4 Å². The minimum Gasteiger partial charge on any atom is -0.497 e. The molecule has 2 N–H and O–H groups in total. The van der Waals surface area contributed by atoms with Gasteiger partial charge in [0.15, 0.2) is 0 Å². The number of carbonyl (C=O) groups is 1. The van der Waals surface area contributed by atoms with Gasteiger partial charge in [0.2, 0.25) is 5.91 Å². The standard InChI is InChI=1S/C16H24N2O2/c1-12(13-6-4-7-14(10-13)20-3)18-15(19)16(2)8-5-9-17-11-16/h4,6-7,10,12,17H,5,8-9,11H2,1-3H3,(H,18,19)/t12-,16?/m0/s1. The van der Waals surface area contributed by atoms with Crippen molar-refractivity contribution in [2.45, 2.75) is 32.7 Å². The van der Waals surface area contributed by atoms with Gasteiger partial charge in [-0.05, 0) is 50.9 Å². The maximum atomic E-state index is 12.5. The quantitative estimate of drug-likeness (QED) is 0.887. The minimum absolute atomic E-state index is 0.0173. The van der Waals surface area contributed by atoms with Crippen LogP contribution in [0.25, 0.3) is 0 Å². The van der Waals surface area contributed by atoms with Gasteiger partial charge in [0, 0.05) is 6.54 Å². The molecule has 0 radical (unpaired) electrons. The van der Waals surface area contributed by atoms with E-state index in [0.717, 1.165) is 37.2 Å². The molecule has 0 spiro atoms. The molecule has 1 aromatic rings. The van der Waals surface area contributed by atoms with Crippen molar-refractivity contribution in [2.75, 3.05) is 20.2 Å². The summed E-state index contributed by atoms with van der Waals surface area (Å²) in [5.41, 5.74) is 0.760. The first-order valence-corrected chi connectivity index (χ1v) is 7.21. The number of rotatable bonds is 4. The van der Waals surface area contributed by atoms with Crippen LogP contribution < -0.4 is 15.4 Å². The van der Waals surface area contributed by atoms with Gasteiger partial charge in [-0.2, -0.15) is 0 Å². The van der Waals surface area contributed by atoms with Crippen molar-refractivity contribution in [3.8, 4) is 5.75 Å². The molecule has 1 aliphatic heterocycles. The van der Waals surface area contributed by atoms with E-state index in [9.17, 15) is 4.79 Å². The van der Waals surface area contributed by atoms with E-state index in [4.69, 9.17) is 4.74 Å². The molecule has 1 amide bonds. The number of hydrogen-bond acceptors (Lipinski definition) is 3. The smallest absolute Gasteiger partial charge is 0.227 e. The summed E-state index contributed by atoms with van der Waals surface area (Å²) in [7, 11) is 1.65. The summed E-state index contributed by atoms with van der Waals surface area (Å²) >= 11 is 0. The summed E-state index contributed by atoms with van der Waals surface area (Å²) in [6, 6.07) is 7.81. The Morgan fingerprint density at radius 3 is 2.95 bits per heavy atom. The van der Waals surface area contributed by atoms with Gasteiger partial charge in [0.1, 0.15) is 5.75 Å². The monoisotopic (exact) mass is 276 g/mol. The second-order valence-corrected chi connectivity index (χ2v) is 5.81. The van der Waals surface area contributed by atoms with Crippen LogP contribution in [0.4, 0.5) is 0 Å². The Morgan fingerprint density at radius 1 is 1.50 bits per heavy atom. The molecule has 1 saturated heterocycles. The van der Waals surface area contributed by atoms with Gasteiger partial charge in [0.25, 0.3) is 0 Å². The normalized spacial score (nSPS) is 23.9. The number of hydrogen-bond donors (Lipinski definition) is 2. The summed E-state index contributed by atoms with van der Waals surface area (Å²) in [5.74, 6) is 0.939. The Morgan fingerprint density at radius 2 is 2.30 bits per heavy atom. The number of carbonyl (C=O) groups excluding carboxylic acids is 1. The average Bonchev–Trinajstić information content (AvgIpc) is 2.48. The summed E-state index contributed by atoms with van der Waals surface area (Å²) in [5, 5.41) is 6.43. The SMILES string of the molecule is COc1cccc([C@H](C)NC(=O)C2(C)CCCNC2)c1. The van der Waals surface area contributed by atoms with Crippen LogP contribution in [0.5, 0.6) is 5.75 Å². The van der Waals surface area contributed by atoms with E-state index in [1.54, 1.807) is 7.11 Å². The topological polar surface area (TPSA) is 50.4 Å². The molecule has 1 heterocycles. The summed E-state index contributed by atoms with van der Waals surface area (Å²) in [4.78, 5) is 12.5. The van der Waals surface area contributed by atoms with E-state index in [1.165, 1.54) is 0 Å². The highest BCUT2D eigenvalue weighted by atomic mass is 16.5. The van der Waals surface area contributed by atoms with E-state index in [0.29, 0.717) is 0 Å². The molecule has 2 atom stereocenters. The third-order valence-electron chi connectivity index (χ3n) is 4.09. The van der Waals surface area contributed by atoms with Gasteiger partial charge in [-0.15, -0.1) is 0 Å². The largest absolute Gasteiger partial charge is 0.497 e. The van der Waals surface area contributed by atoms with Crippen molar-refractivity contribution in [3.05, 3.63) is 29.8 Å². The van der Waals surface area contributed by atoms with E-state index in [-0.39, 0.29) is 17.4 Å². The Labute approximate surface area is 120 Å². The van der Waals surface area contributed by atoms with Gasteiger partial charge in [-0.25, -0.2) is 0 Å². The second-order valence-electron chi connectivity index (χ2n) is 5.81. The first-order chi connectivity index (χ1) is 9.55. The fourth-order valence-corrected chi connectivity index (χ4v) is 2.62. The molecule has 0 aliphatic carbocycles. The van der Waals surface area contributed by atoms with Crippen molar-refractivity contribution < 1.29 is 9.53 Å². The first kappa shape index (κ1) is 14.9. The van der Waals surface area contributed by atoms with Crippen LogP contribution in [-0.4, -0.2) is 26.1 Å². The highest BCUT2D eigenvalue weighted by Crippen LogP contribution is 2.27. The molecule has 0 saturated carbocycles. The second kappa shape index (κ2) is 6.27. The highest BCUT2D eigenvalue weighted by Gasteiger charge is 2.35. The van der Waals surface area contributed by atoms with Crippen molar-refractivity contribution in [2.24, 2.45) is 5.41 Å². The summed E-state index contributed by atoms with van der Waals surface area (Å²) in [6.07, 6.45) is 1.99. The Hall–Kier alpha value is -1.55. The highest BCUT2D eigenvalue weighted by molar-refractivity contribution is 5.83. The van der Waals surface area contributed by atoms with Crippen molar-refractivity contribution >= 4 is 5.91 Å². The number of nitrogens with one attached hydrogen (secondary N) is 2. The summed E-state index contributed by atoms with van der Waals surface area (Å²) < 4.78 is 5.22. The van der Waals surface area contributed by atoms with Crippen LogP contribution in [0.3, 0.4) is 0 Å². The molecule has 110 valence electrons. The minimum atomic E-state index is -0.300. The van der Waals surface area contributed by atoms with Crippen LogP contribution in [0, 0.1) is 5.41 Å². The lowest BCUT2D eigenvalue weighted by Crippen LogP contribution is -2.49. The Bertz CT molecular complexity index is 467. The van der Waals surface area contributed by atoms with Crippen LogP contribution in [0.1, 0.15) is 38.3 Å². The van der Waals surface area contributed by atoms with E-state index in [1.807, 2.05) is 38.1 Å². The molecule has 1 unspecified atom stereocenters. The summed E-state index contributed by atoms with van der Waals surface area (Å²) in [6.45, 7) is 5.80. The van der Waals surface area contributed by atoms with Crippen LogP contribution in [0.2, 0.25) is 0 Å². The average molecular weight is 276 g/mol. The molecule has 4 heteroatoms. The Kier molecular flexibility index (Phi) is 4.65. The maximum absolute atomic E-state index is 12.5. The zero-order chi connectivity index (χ0) is 14.6. The molecule has 1 fully saturated rings. The van der Waals surface area contributed by atoms with Crippen LogP contribution >= 0.6 is 0 Å². The lowest BCUT2D eigenvalue weighted by Gasteiger charge is -2.33. The van der Waals surface area contributed by atoms with E-state index >= 15 is 0 Å². The molecule has 1 aromatic carbocycles. The predicted octanol–water partition coefficient (Wildman–Crippen LogP) is 2.26. The number of methoxy groups -OCH3 is 1. The first-order valence-electron chi connectivity index (χ1n) is 7.21. The third kappa shape index (κ3) is 3.31. The molecule has 0 aromatic heterocycles. The zero-order valence-corrected chi connectivity index (χ0v) is 12.5. The van der Waals surface area contributed by atoms with Gasteiger partial charge in [-0.3, -0.25) is 4.79 Å². The maximum Gasteiger partial charge on any atom is 0.227 e. The predicted molar refractivity (Wildman–Crippen MR) is 79.8 cm³/mol. The van der Waals surface area contributed by atoms with Crippen molar-refractivity contribution in [3.63, 3.8) is 0 Å². The lowest BCUT2D eigenvalue weighted by atomic mass is 9.81. The Balaban J connectivity index is 2.02. The van der Waals surface area contributed by atoms with Gasteiger partial charge >= 0.3 is 0 Å². The van der Waals surface area contributed by atoms with Gasteiger partial charge in [0.05, 0.1) is 18.6 Å². The fourth-order valence-electron chi connectivity index (χ4n) is 2.62.